The van der Waals surface area contributed by atoms with E-state index in [1.165, 1.54) is 0 Å². The quantitative estimate of drug-likeness (QED) is 0.667. The van der Waals surface area contributed by atoms with Gasteiger partial charge in [0.1, 0.15) is 22.8 Å². The van der Waals surface area contributed by atoms with Gasteiger partial charge < -0.3 is 4.74 Å². The van der Waals surface area contributed by atoms with Gasteiger partial charge in [-0.2, -0.15) is 31.5 Å². The standard InChI is InChI=1S/C16H12F5N3O3S/c1-24(28(25,26)13-6-10(7-22)8-23-9-13)14(16(19,20)21)11-2-4-12(5-3-11)27-15(17)18/h2-6,8-9,14-15H,1H3/t14-/m1/s1. The highest BCUT2D eigenvalue weighted by Gasteiger charge is 2.47. The van der Waals surface area contributed by atoms with Gasteiger partial charge in [-0.3, -0.25) is 4.98 Å². The fourth-order valence-electron chi connectivity index (χ4n) is 2.36. The molecular weight excluding hydrogens is 409 g/mol. The highest BCUT2D eigenvalue weighted by atomic mass is 32.2. The zero-order valence-corrected chi connectivity index (χ0v) is 14.9. The summed E-state index contributed by atoms with van der Waals surface area (Å²) in [4.78, 5) is 2.94. The van der Waals surface area contributed by atoms with Crippen LogP contribution in [0.3, 0.4) is 0 Å². The third-order valence-electron chi connectivity index (χ3n) is 3.61. The van der Waals surface area contributed by atoms with Crippen molar-refractivity contribution in [2.24, 2.45) is 0 Å². The molecule has 28 heavy (non-hydrogen) atoms. The third kappa shape index (κ3) is 4.73. The van der Waals surface area contributed by atoms with Gasteiger partial charge in [0.05, 0.1) is 5.56 Å². The summed E-state index contributed by atoms with van der Waals surface area (Å²) in [5, 5.41) is 8.83. The number of alkyl halides is 5. The SMILES string of the molecule is CN([C@H](c1ccc(OC(F)F)cc1)C(F)(F)F)S(=O)(=O)c1cncc(C#N)c1. The van der Waals surface area contributed by atoms with Gasteiger partial charge in [0.25, 0.3) is 0 Å². The summed E-state index contributed by atoms with van der Waals surface area (Å²) in [6.45, 7) is -3.16. The fourth-order valence-corrected chi connectivity index (χ4v) is 3.68. The van der Waals surface area contributed by atoms with Crippen LogP contribution in [-0.2, 0) is 10.0 Å². The maximum absolute atomic E-state index is 13.6. The van der Waals surface area contributed by atoms with E-state index in [0.717, 1.165) is 49.8 Å². The lowest BCUT2D eigenvalue weighted by atomic mass is 10.1. The van der Waals surface area contributed by atoms with Gasteiger partial charge in [0.15, 0.2) is 0 Å². The van der Waals surface area contributed by atoms with Crippen LogP contribution in [0.15, 0.2) is 47.6 Å². The Hall–Kier alpha value is -2.78. The first kappa shape index (κ1) is 21.5. The first-order valence-electron chi connectivity index (χ1n) is 7.41. The summed E-state index contributed by atoms with van der Waals surface area (Å²) in [5.74, 6) is -0.379. The van der Waals surface area contributed by atoms with E-state index in [1.807, 2.05) is 0 Å². The average molecular weight is 421 g/mol. The van der Waals surface area contributed by atoms with Crippen LogP contribution in [0.25, 0.3) is 0 Å². The number of nitriles is 1. The Bertz CT molecular complexity index is 972. The Balaban J connectivity index is 2.46. The maximum Gasteiger partial charge on any atom is 0.409 e. The predicted octanol–water partition coefficient (Wildman–Crippen LogP) is 3.48. The van der Waals surface area contributed by atoms with Crippen LogP contribution in [0.1, 0.15) is 17.2 Å². The van der Waals surface area contributed by atoms with E-state index in [2.05, 4.69) is 9.72 Å². The minimum atomic E-state index is -5.02. The van der Waals surface area contributed by atoms with Gasteiger partial charge in [-0.05, 0) is 23.8 Å². The summed E-state index contributed by atoms with van der Waals surface area (Å²) in [7, 11) is -3.96. The van der Waals surface area contributed by atoms with Crippen LogP contribution >= 0.6 is 0 Å². The number of ether oxygens (including phenoxy) is 1. The monoisotopic (exact) mass is 421 g/mol. The van der Waals surface area contributed by atoms with E-state index < -0.39 is 39.3 Å². The molecule has 0 radical (unpaired) electrons. The molecule has 1 heterocycles. The number of halogens is 5. The van der Waals surface area contributed by atoms with E-state index in [1.54, 1.807) is 6.07 Å². The molecule has 12 heteroatoms. The van der Waals surface area contributed by atoms with Gasteiger partial charge in [-0.1, -0.05) is 12.1 Å². The molecule has 6 nitrogen and oxygen atoms in total. The van der Waals surface area contributed by atoms with E-state index in [9.17, 15) is 30.4 Å². The Kier molecular flexibility index (Phi) is 6.20. The predicted molar refractivity (Wildman–Crippen MR) is 85.8 cm³/mol. The Morgan fingerprint density at radius 3 is 2.29 bits per heavy atom. The highest BCUT2D eigenvalue weighted by molar-refractivity contribution is 7.89. The summed E-state index contributed by atoms with van der Waals surface area (Å²) in [6, 6.07) is 3.36. The molecule has 0 fully saturated rings. The first-order valence-corrected chi connectivity index (χ1v) is 8.85. The molecule has 0 saturated carbocycles. The number of sulfonamides is 1. The molecular formula is C16H12F5N3O3S. The van der Waals surface area contributed by atoms with Crippen molar-refractivity contribution in [3.8, 4) is 11.8 Å². The van der Waals surface area contributed by atoms with Crippen LogP contribution < -0.4 is 4.74 Å². The molecule has 0 aliphatic heterocycles. The second-order valence-electron chi connectivity index (χ2n) is 5.43. The largest absolute Gasteiger partial charge is 0.435 e. The van der Waals surface area contributed by atoms with Crippen LogP contribution in [0.2, 0.25) is 0 Å². The lowest BCUT2D eigenvalue weighted by Crippen LogP contribution is -2.39. The Labute approximate surface area is 156 Å². The average Bonchev–Trinajstić information content (AvgIpc) is 2.61. The number of pyridine rings is 1. The summed E-state index contributed by atoms with van der Waals surface area (Å²) in [5.41, 5.74) is -0.656. The van der Waals surface area contributed by atoms with Crippen LogP contribution in [0.4, 0.5) is 22.0 Å². The number of hydrogen-bond donors (Lipinski definition) is 0. The second kappa shape index (κ2) is 8.07. The number of hydrogen-bond acceptors (Lipinski definition) is 5. The molecule has 0 bridgehead atoms. The van der Waals surface area contributed by atoms with E-state index in [0.29, 0.717) is 0 Å². The molecule has 2 rings (SSSR count). The van der Waals surface area contributed by atoms with Crippen molar-refractivity contribution in [1.29, 1.82) is 5.26 Å². The number of rotatable bonds is 6. The second-order valence-corrected chi connectivity index (χ2v) is 7.43. The summed E-state index contributed by atoms with van der Waals surface area (Å²) in [6.07, 6.45) is -3.14. The van der Waals surface area contributed by atoms with Crippen molar-refractivity contribution in [3.05, 3.63) is 53.9 Å². The van der Waals surface area contributed by atoms with E-state index in [-0.39, 0.29) is 15.6 Å². The molecule has 0 aliphatic rings. The fraction of sp³-hybridized carbons (Fsp3) is 0.250. The first-order chi connectivity index (χ1) is 13.0. The van der Waals surface area contributed by atoms with Crippen molar-refractivity contribution in [3.63, 3.8) is 0 Å². The van der Waals surface area contributed by atoms with Crippen molar-refractivity contribution in [2.45, 2.75) is 23.7 Å². The lowest BCUT2D eigenvalue weighted by Gasteiger charge is -2.29. The molecule has 0 N–H and O–H groups in total. The summed E-state index contributed by atoms with van der Waals surface area (Å²) < 4.78 is 94.7. The lowest BCUT2D eigenvalue weighted by molar-refractivity contribution is -0.171. The molecule has 1 atom stereocenters. The normalized spacial score (nSPS) is 13.4. The molecule has 2 aromatic rings. The topological polar surface area (TPSA) is 83.3 Å². The van der Waals surface area contributed by atoms with Crippen LogP contribution in [0.5, 0.6) is 5.75 Å². The number of nitrogens with zero attached hydrogens (tertiary/aromatic N) is 3. The van der Waals surface area contributed by atoms with E-state index >= 15 is 0 Å². The molecule has 1 aromatic heterocycles. The highest BCUT2D eigenvalue weighted by Crippen LogP contribution is 2.40. The molecule has 0 saturated heterocycles. The van der Waals surface area contributed by atoms with Crippen LogP contribution in [-0.4, -0.2) is 37.5 Å². The minimum absolute atomic E-state index is 0.0775. The van der Waals surface area contributed by atoms with Gasteiger partial charge >= 0.3 is 12.8 Å². The van der Waals surface area contributed by atoms with Gasteiger partial charge in [0, 0.05) is 19.4 Å². The van der Waals surface area contributed by atoms with Crippen molar-refractivity contribution in [2.75, 3.05) is 7.05 Å². The Morgan fingerprint density at radius 2 is 1.79 bits per heavy atom. The minimum Gasteiger partial charge on any atom is -0.435 e. The molecule has 0 spiro atoms. The number of aromatic nitrogens is 1. The third-order valence-corrected chi connectivity index (χ3v) is 5.40. The zero-order valence-electron chi connectivity index (χ0n) is 14.1. The van der Waals surface area contributed by atoms with E-state index in [4.69, 9.17) is 5.26 Å². The van der Waals surface area contributed by atoms with Gasteiger partial charge in [-0.15, -0.1) is 0 Å². The maximum atomic E-state index is 13.6. The number of benzene rings is 1. The molecule has 0 amide bonds. The molecule has 150 valence electrons. The smallest absolute Gasteiger partial charge is 0.409 e. The van der Waals surface area contributed by atoms with Crippen LogP contribution in [0, 0.1) is 11.3 Å². The van der Waals surface area contributed by atoms with Gasteiger partial charge in [-0.25, -0.2) is 8.42 Å². The van der Waals surface area contributed by atoms with Crippen molar-refractivity contribution in [1.82, 2.24) is 9.29 Å². The summed E-state index contributed by atoms with van der Waals surface area (Å²) >= 11 is 0. The molecule has 1 aromatic carbocycles. The molecule has 0 unspecified atom stereocenters. The van der Waals surface area contributed by atoms with Gasteiger partial charge in [0.2, 0.25) is 10.0 Å². The van der Waals surface area contributed by atoms with Crippen molar-refractivity contribution >= 4 is 10.0 Å². The molecule has 0 aliphatic carbocycles. The Morgan fingerprint density at radius 1 is 1.18 bits per heavy atom. The zero-order chi connectivity index (χ0) is 21.1. The van der Waals surface area contributed by atoms with Crippen molar-refractivity contribution < 1.29 is 35.1 Å².